The number of piperidine rings is 1. The molecule has 1 saturated heterocycles. The highest BCUT2D eigenvalue weighted by molar-refractivity contribution is 7.89. The Bertz CT molecular complexity index is 624. The fourth-order valence-corrected chi connectivity index (χ4v) is 3.97. The number of rotatable bonds is 5. The molecule has 0 unspecified atom stereocenters. The molecular formula is C13H19N3O4S. The Morgan fingerprint density at radius 2 is 1.95 bits per heavy atom. The van der Waals surface area contributed by atoms with E-state index in [0.29, 0.717) is 19.6 Å². The third-order valence-electron chi connectivity index (χ3n) is 3.48. The van der Waals surface area contributed by atoms with Crippen molar-refractivity contribution in [3.63, 3.8) is 0 Å². The second-order valence-corrected chi connectivity index (χ2v) is 6.87. The molecule has 116 valence electrons. The van der Waals surface area contributed by atoms with Gasteiger partial charge in [0.05, 0.1) is 9.82 Å². The van der Waals surface area contributed by atoms with Gasteiger partial charge in [-0.1, -0.05) is 6.42 Å². The van der Waals surface area contributed by atoms with E-state index < -0.39 is 14.9 Å². The molecule has 0 spiro atoms. The van der Waals surface area contributed by atoms with Crippen LogP contribution in [-0.4, -0.2) is 37.3 Å². The summed E-state index contributed by atoms with van der Waals surface area (Å²) in [6, 6.07) is 3.91. The molecule has 0 aliphatic carbocycles. The van der Waals surface area contributed by atoms with Crippen molar-refractivity contribution in [3.8, 4) is 0 Å². The van der Waals surface area contributed by atoms with Crippen LogP contribution in [0.25, 0.3) is 0 Å². The lowest BCUT2D eigenvalue weighted by molar-refractivity contribution is -0.384. The van der Waals surface area contributed by atoms with Crippen LogP contribution >= 0.6 is 0 Å². The van der Waals surface area contributed by atoms with Crippen LogP contribution < -0.4 is 5.32 Å². The fraction of sp³-hybridized carbons (Fsp3) is 0.538. The molecule has 1 heterocycles. The minimum atomic E-state index is -3.57. The van der Waals surface area contributed by atoms with E-state index >= 15 is 0 Å². The molecule has 1 aromatic rings. The predicted octanol–water partition coefficient (Wildman–Crippen LogP) is 2.20. The third-order valence-corrected chi connectivity index (χ3v) is 5.38. The van der Waals surface area contributed by atoms with Crippen LogP contribution in [0.1, 0.15) is 26.2 Å². The monoisotopic (exact) mass is 313 g/mol. The van der Waals surface area contributed by atoms with Crippen molar-refractivity contribution in [2.45, 2.75) is 31.1 Å². The zero-order valence-corrected chi connectivity index (χ0v) is 12.7. The van der Waals surface area contributed by atoms with Crippen molar-refractivity contribution in [3.05, 3.63) is 28.3 Å². The average Bonchev–Trinajstić information content (AvgIpc) is 2.48. The molecule has 0 radical (unpaired) electrons. The molecule has 0 amide bonds. The van der Waals surface area contributed by atoms with Crippen molar-refractivity contribution < 1.29 is 13.3 Å². The summed E-state index contributed by atoms with van der Waals surface area (Å²) < 4.78 is 26.6. The number of nitrogens with one attached hydrogen (secondary N) is 1. The van der Waals surface area contributed by atoms with Gasteiger partial charge in [0.15, 0.2) is 0 Å². The van der Waals surface area contributed by atoms with Crippen molar-refractivity contribution in [2.75, 3.05) is 25.0 Å². The smallest absolute Gasteiger partial charge is 0.292 e. The summed E-state index contributed by atoms with van der Waals surface area (Å²) in [6.07, 6.45) is 2.74. The molecule has 1 aliphatic heterocycles. The summed E-state index contributed by atoms with van der Waals surface area (Å²) in [7, 11) is -3.57. The summed E-state index contributed by atoms with van der Waals surface area (Å²) in [6.45, 7) is 3.30. The van der Waals surface area contributed by atoms with E-state index in [2.05, 4.69) is 5.32 Å². The van der Waals surface area contributed by atoms with Crippen LogP contribution in [0.2, 0.25) is 0 Å². The van der Waals surface area contributed by atoms with Crippen LogP contribution in [-0.2, 0) is 10.0 Å². The molecule has 1 N–H and O–H groups in total. The Balaban J connectivity index is 2.39. The fourth-order valence-electron chi connectivity index (χ4n) is 2.42. The number of anilines is 1. The maximum Gasteiger partial charge on any atom is 0.292 e. The normalized spacial score (nSPS) is 16.6. The number of sulfonamides is 1. The van der Waals surface area contributed by atoms with Gasteiger partial charge in [0.2, 0.25) is 10.0 Å². The average molecular weight is 313 g/mol. The van der Waals surface area contributed by atoms with E-state index in [4.69, 9.17) is 0 Å². The molecule has 0 aromatic heterocycles. The predicted molar refractivity (Wildman–Crippen MR) is 79.9 cm³/mol. The maximum atomic E-state index is 12.6. The first-order valence-corrected chi connectivity index (χ1v) is 8.43. The number of nitro benzene ring substituents is 1. The molecule has 0 saturated carbocycles. The zero-order chi connectivity index (χ0) is 15.5. The molecule has 0 bridgehead atoms. The van der Waals surface area contributed by atoms with Crippen molar-refractivity contribution in [1.82, 2.24) is 4.31 Å². The molecular weight excluding hydrogens is 294 g/mol. The Hall–Kier alpha value is -1.67. The van der Waals surface area contributed by atoms with Gasteiger partial charge in [-0.2, -0.15) is 4.31 Å². The first-order valence-electron chi connectivity index (χ1n) is 6.99. The van der Waals surface area contributed by atoms with Crippen LogP contribution in [0, 0.1) is 10.1 Å². The number of benzene rings is 1. The summed E-state index contributed by atoms with van der Waals surface area (Å²) >= 11 is 0. The van der Waals surface area contributed by atoms with Gasteiger partial charge in [0, 0.05) is 25.7 Å². The van der Waals surface area contributed by atoms with E-state index in [9.17, 15) is 18.5 Å². The minimum Gasteiger partial charge on any atom is -0.380 e. The quantitative estimate of drug-likeness (QED) is 0.664. The Labute approximate surface area is 124 Å². The molecule has 2 rings (SSSR count). The highest BCUT2D eigenvalue weighted by Gasteiger charge is 2.27. The topological polar surface area (TPSA) is 92.6 Å². The second-order valence-electron chi connectivity index (χ2n) is 4.93. The molecule has 0 atom stereocenters. The van der Waals surface area contributed by atoms with Gasteiger partial charge in [0.1, 0.15) is 5.69 Å². The van der Waals surface area contributed by atoms with Crippen LogP contribution in [0.4, 0.5) is 11.4 Å². The van der Waals surface area contributed by atoms with Crippen molar-refractivity contribution >= 4 is 21.4 Å². The van der Waals surface area contributed by atoms with Gasteiger partial charge in [-0.05, 0) is 31.9 Å². The summed E-state index contributed by atoms with van der Waals surface area (Å²) in [4.78, 5) is 10.5. The molecule has 1 aromatic carbocycles. The van der Waals surface area contributed by atoms with E-state index in [-0.39, 0.29) is 16.3 Å². The minimum absolute atomic E-state index is 0.103. The van der Waals surface area contributed by atoms with Crippen LogP contribution in [0.5, 0.6) is 0 Å². The van der Waals surface area contributed by atoms with Gasteiger partial charge in [0.25, 0.3) is 5.69 Å². The number of hydrogen-bond donors (Lipinski definition) is 1. The first kappa shape index (κ1) is 15.7. The van der Waals surface area contributed by atoms with E-state index in [1.807, 2.05) is 0 Å². The first-order chi connectivity index (χ1) is 9.96. The lowest BCUT2D eigenvalue weighted by Crippen LogP contribution is -2.35. The Morgan fingerprint density at radius 1 is 1.29 bits per heavy atom. The summed E-state index contributed by atoms with van der Waals surface area (Å²) in [5.41, 5.74) is 0.120. The highest BCUT2D eigenvalue weighted by atomic mass is 32.2. The lowest BCUT2D eigenvalue weighted by Gasteiger charge is -2.26. The SMILES string of the molecule is CCNc1cc(S(=O)(=O)N2CCCCC2)ccc1[N+](=O)[O-]. The molecule has 1 aliphatic rings. The summed E-state index contributed by atoms with van der Waals surface area (Å²) in [5.74, 6) is 0. The van der Waals surface area contributed by atoms with Gasteiger partial charge < -0.3 is 5.32 Å². The maximum absolute atomic E-state index is 12.6. The summed E-state index contributed by atoms with van der Waals surface area (Å²) in [5, 5.41) is 13.8. The third kappa shape index (κ3) is 3.33. The Morgan fingerprint density at radius 3 is 2.52 bits per heavy atom. The largest absolute Gasteiger partial charge is 0.380 e. The number of nitro groups is 1. The van der Waals surface area contributed by atoms with Gasteiger partial charge in [-0.25, -0.2) is 8.42 Å². The Kier molecular flexibility index (Phi) is 4.79. The molecule has 7 nitrogen and oxygen atoms in total. The number of nitrogens with zero attached hydrogens (tertiary/aromatic N) is 2. The van der Waals surface area contributed by atoms with Crippen molar-refractivity contribution in [2.24, 2.45) is 0 Å². The van der Waals surface area contributed by atoms with E-state index in [0.717, 1.165) is 19.3 Å². The molecule has 8 heteroatoms. The van der Waals surface area contributed by atoms with E-state index in [1.54, 1.807) is 6.92 Å². The van der Waals surface area contributed by atoms with Crippen LogP contribution in [0.3, 0.4) is 0 Å². The van der Waals surface area contributed by atoms with Gasteiger partial charge in [-0.3, -0.25) is 10.1 Å². The molecule has 21 heavy (non-hydrogen) atoms. The van der Waals surface area contributed by atoms with E-state index in [1.165, 1.54) is 22.5 Å². The molecule has 1 fully saturated rings. The standard InChI is InChI=1S/C13H19N3O4S/c1-2-14-12-10-11(6-7-13(12)16(17)18)21(19,20)15-8-4-3-5-9-15/h6-7,10,14H,2-5,8-9H2,1H3. The second kappa shape index (κ2) is 6.40. The van der Waals surface area contributed by atoms with Gasteiger partial charge >= 0.3 is 0 Å². The van der Waals surface area contributed by atoms with Crippen LogP contribution in [0.15, 0.2) is 23.1 Å². The highest BCUT2D eigenvalue weighted by Crippen LogP contribution is 2.29. The zero-order valence-electron chi connectivity index (χ0n) is 11.9. The lowest BCUT2D eigenvalue weighted by atomic mass is 10.2. The number of hydrogen-bond acceptors (Lipinski definition) is 5. The van der Waals surface area contributed by atoms with Crippen molar-refractivity contribution in [1.29, 1.82) is 0 Å². The van der Waals surface area contributed by atoms with Gasteiger partial charge in [-0.15, -0.1) is 0 Å².